The van der Waals surface area contributed by atoms with Crippen LogP contribution in [0, 0.1) is 23.7 Å². The van der Waals surface area contributed by atoms with E-state index < -0.39 is 11.7 Å². The Hall–Kier alpha value is -3.64. The number of hydrogen-bond donors (Lipinski definition) is 6. The molecule has 1 spiro atoms. The highest BCUT2D eigenvalue weighted by molar-refractivity contribution is 6.31. The van der Waals surface area contributed by atoms with Crippen molar-refractivity contribution in [3.63, 3.8) is 0 Å². The second-order valence-corrected chi connectivity index (χ2v) is 29.5. The SMILES string of the molecule is CCCC[C@H]1C(C)NC2(CCCC2)CNCCN=CC=C(CCc2ccc(C(F)(F)F)c(Cl)c2)NC=CN(C)C=C(CC2CCCCC2)N(C)C=C2CCCN2[C@@H](C)C(C)N[C@@H]([C@@H](C)CC)CN[C@@H](CC(C)C)C(C)NCC2[C@@H](C(=O)N3CCCCC3)C(C)N21. The molecule has 1 amide bonds. The number of aryl methyl sites for hydroxylation is 1. The number of nitrogens with one attached hydrogen (secondary N) is 6. The molecule has 0 bridgehead atoms. The van der Waals surface area contributed by atoms with Gasteiger partial charge in [0.2, 0.25) is 5.91 Å². The van der Waals surface area contributed by atoms with Gasteiger partial charge in [-0.2, -0.15) is 13.2 Å². The Morgan fingerprint density at radius 1 is 0.844 bits per heavy atom. The van der Waals surface area contributed by atoms with Gasteiger partial charge in [0.05, 0.1) is 23.0 Å². The number of unbranched alkanes of at least 4 members (excludes halogenated alkanes) is 1. The van der Waals surface area contributed by atoms with Crippen LogP contribution in [0.3, 0.4) is 0 Å². The number of piperidine rings is 1. The second-order valence-electron chi connectivity index (χ2n) is 29.0. The average molecular weight is 1280 g/mol. The molecule has 1 aromatic carbocycles. The molecular weight excluding hydrogens is 1150 g/mol. The monoisotopic (exact) mass is 1280 g/mol. The molecule has 90 heavy (non-hydrogen) atoms. The molecule has 1 aromatic rings. The summed E-state index contributed by atoms with van der Waals surface area (Å²) in [6.45, 7) is 30.4. The maximum atomic E-state index is 14.8. The lowest BCUT2D eigenvalue weighted by atomic mass is 9.75. The number of carbonyl (C=O) groups excluding carboxylic acids is 1. The number of allylic oxidation sites excluding steroid dienone is 4. The minimum absolute atomic E-state index is 0.0374. The maximum Gasteiger partial charge on any atom is 0.417 e. The number of amides is 1. The number of likely N-dealkylation sites (tertiary alicyclic amines) is 1. The van der Waals surface area contributed by atoms with Crippen LogP contribution >= 0.6 is 11.6 Å². The van der Waals surface area contributed by atoms with Gasteiger partial charge in [-0.05, 0) is 153 Å². The highest BCUT2D eigenvalue weighted by Crippen LogP contribution is 2.41. The van der Waals surface area contributed by atoms with E-state index in [1.54, 1.807) is 0 Å². The van der Waals surface area contributed by atoms with E-state index >= 15 is 0 Å². The van der Waals surface area contributed by atoms with Gasteiger partial charge < -0.3 is 51.5 Å². The van der Waals surface area contributed by atoms with E-state index in [1.807, 2.05) is 18.5 Å². The fourth-order valence-electron chi connectivity index (χ4n) is 15.9. The predicted molar refractivity (Wildman–Crippen MR) is 370 cm³/mol. The van der Waals surface area contributed by atoms with E-state index in [0.717, 1.165) is 140 Å². The Bertz CT molecular complexity index is 2470. The molecule has 3 saturated heterocycles. The fraction of sp³-hybridized carbons (Fsp3) is 0.781. The molecule has 6 aliphatic rings. The van der Waals surface area contributed by atoms with Gasteiger partial charge in [-0.25, -0.2) is 0 Å². The van der Waals surface area contributed by atoms with E-state index in [0.29, 0.717) is 43.0 Å². The number of fused-ring (bicyclic) bond motifs is 2. The fourth-order valence-corrected chi connectivity index (χ4v) is 16.2. The van der Waals surface area contributed by atoms with Crippen molar-refractivity contribution in [3.8, 4) is 0 Å². The molecule has 0 aromatic heterocycles. The quantitative estimate of drug-likeness (QED) is 0.113. The van der Waals surface area contributed by atoms with Gasteiger partial charge in [0.15, 0.2) is 0 Å². The summed E-state index contributed by atoms with van der Waals surface area (Å²) in [5, 5.41) is 24.0. The first kappa shape index (κ1) is 73.8. The Morgan fingerprint density at radius 2 is 1.58 bits per heavy atom. The van der Waals surface area contributed by atoms with Crippen molar-refractivity contribution in [3.05, 3.63) is 82.3 Å². The highest BCUT2D eigenvalue weighted by Gasteiger charge is 2.54. The molecule has 17 heteroatoms. The first-order valence-electron chi connectivity index (χ1n) is 36.0. The van der Waals surface area contributed by atoms with Crippen LogP contribution in [0.4, 0.5) is 13.2 Å². The summed E-state index contributed by atoms with van der Waals surface area (Å²) in [6, 6.07) is 6.09. The summed E-state index contributed by atoms with van der Waals surface area (Å²) in [7, 11) is 4.32. The van der Waals surface area contributed by atoms with Crippen molar-refractivity contribution in [2.75, 3.05) is 66.5 Å². The molecule has 5 fully saturated rings. The molecule has 11 atom stereocenters. The molecule has 2 aliphatic carbocycles. The summed E-state index contributed by atoms with van der Waals surface area (Å²) < 4.78 is 41.1. The summed E-state index contributed by atoms with van der Waals surface area (Å²) in [5.41, 5.74) is 3.45. The van der Waals surface area contributed by atoms with E-state index in [2.05, 4.69) is 158 Å². The lowest BCUT2D eigenvalue weighted by Gasteiger charge is -2.59. The van der Waals surface area contributed by atoms with Crippen LogP contribution in [-0.4, -0.2) is 163 Å². The summed E-state index contributed by atoms with van der Waals surface area (Å²) in [4.78, 5) is 31.9. The number of nitrogens with zero attached hydrogens (tertiary/aromatic N) is 6. The number of alkyl halides is 3. The van der Waals surface area contributed by atoms with Crippen molar-refractivity contribution in [1.29, 1.82) is 0 Å². The number of hydrogen-bond acceptors (Lipinski definition) is 12. The molecule has 5 unspecified atom stereocenters. The normalized spacial score (nSPS) is 29.8. The van der Waals surface area contributed by atoms with Crippen LogP contribution in [-0.2, 0) is 17.4 Å². The molecule has 0 radical (unpaired) electrons. The topological polar surface area (TPSA) is 118 Å². The van der Waals surface area contributed by atoms with Crippen molar-refractivity contribution in [2.45, 2.75) is 277 Å². The lowest BCUT2D eigenvalue weighted by molar-refractivity contribution is -0.160. The van der Waals surface area contributed by atoms with Gasteiger partial charge in [-0.3, -0.25) is 14.7 Å². The predicted octanol–water partition coefficient (Wildman–Crippen LogP) is 13.8. The molecule has 4 heterocycles. The van der Waals surface area contributed by atoms with Gasteiger partial charge in [-0.1, -0.05) is 116 Å². The van der Waals surface area contributed by atoms with Crippen molar-refractivity contribution in [2.24, 2.45) is 28.7 Å². The number of benzene rings is 1. The minimum Gasteiger partial charge on any atom is -0.369 e. The smallest absolute Gasteiger partial charge is 0.369 e. The maximum absolute atomic E-state index is 14.8. The standard InChI is InChI=1S/C73H124ClF3N12O/c1-13-15-28-68-56(8)84-72(34-20-21-35-72)51-79-38-37-78-36-33-61(31-29-60-30-32-64(65(74)46-60)73(75,76)77)80-39-43-85(11)49-63(45-59-25-18-16-19-26-59)86(12)50-62-27-24-42-88(62)57(9)54(6)83-67(53(5)14-2)47-82-66(44-52(3)4)55(7)81-48-69-70(58(10)89(68)69)71(90)87-40-22-17-23-41-87/h30,32-33,36,39,43,46,49-50,52-59,66-70,79-84H,13-29,31,34-35,37-38,40-42,44-45,47-48,51H2,1-12H3/t53-,54?,55?,56?,57-,58?,66-,67+,68-,69?,70-/m0/s1. The van der Waals surface area contributed by atoms with Gasteiger partial charge in [0, 0.05) is 168 Å². The molecule has 7 rings (SSSR count). The number of halogens is 4. The molecule has 4 aliphatic heterocycles. The lowest BCUT2D eigenvalue weighted by Crippen LogP contribution is -2.75. The van der Waals surface area contributed by atoms with Crippen molar-refractivity contribution < 1.29 is 18.0 Å². The Balaban J connectivity index is 1.19. The third-order valence-electron chi connectivity index (χ3n) is 21.7. The molecule has 510 valence electrons. The van der Waals surface area contributed by atoms with Gasteiger partial charge in [0.1, 0.15) is 0 Å². The molecule has 2 saturated carbocycles. The molecule has 13 nitrogen and oxygen atoms in total. The Kier molecular flexibility index (Phi) is 29.8. The van der Waals surface area contributed by atoms with E-state index in [4.69, 9.17) is 16.6 Å². The first-order chi connectivity index (χ1) is 43.1. The van der Waals surface area contributed by atoms with Crippen LogP contribution < -0.4 is 31.9 Å². The molecule has 6 N–H and O–H groups in total. The average Bonchev–Trinajstić information content (AvgIpc) is 0.859. The zero-order valence-electron chi connectivity index (χ0n) is 58.0. The number of carbonyl (C=O) groups is 1. The number of rotatable bonds is 13. The third kappa shape index (κ3) is 21.4. The third-order valence-corrected chi connectivity index (χ3v) is 22.0. The van der Waals surface area contributed by atoms with Crippen LogP contribution in [0.2, 0.25) is 5.02 Å². The van der Waals surface area contributed by atoms with Gasteiger partial charge >= 0.3 is 6.18 Å². The summed E-state index contributed by atoms with van der Waals surface area (Å²) in [6.07, 6.45) is 32.2. The molecular formula is C73H124ClF3N12O. The van der Waals surface area contributed by atoms with Crippen LogP contribution in [0.15, 0.2) is 71.2 Å². The van der Waals surface area contributed by atoms with Gasteiger partial charge in [0.25, 0.3) is 0 Å². The Morgan fingerprint density at radius 3 is 2.27 bits per heavy atom. The van der Waals surface area contributed by atoms with Crippen molar-refractivity contribution in [1.82, 2.24) is 56.4 Å². The van der Waals surface area contributed by atoms with Crippen LogP contribution in [0.25, 0.3) is 0 Å². The number of aliphatic imine (C=N–C) groups is 1. The van der Waals surface area contributed by atoms with E-state index in [9.17, 15) is 18.0 Å². The van der Waals surface area contributed by atoms with E-state index in [-0.39, 0.29) is 70.9 Å². The largest absolute Gasteiger partial charge is 0.417 e. The van der Waals surface area contributed by atoms with E-state index in [1.165, 1.54) is 74.9 Å². The summed E-state index contributed by atoms with van der Waals surface area (Å²) in [5.74, 6) is 1.96. The van der Waals surface area contributed by atoms with Crippen LogP contribution in [0.5, 0.6) is 0 Å². The van der Waals surface area contributed by atoms with Gasteiger partial charge in [-0.15, -0.1) is 0 Å². The van der Waals surface area contributed by atoms with Crippen molar-refractivity contribution >= 4 is 23.7 Å². The Labute approximate surface area is 549 Å². The van der Waals surface area contributed by atoms with Crippen LogP contribution in [0.1, 0.15) is 215 Å². The minimum atomic E-state index is -4.51. The summed E-state index contributed by atoms with van der Waals surface area (Å²) >= 11 is 6.21. The first-order valence-corrected chi connectivity index (χ1v) is 36.4. The second kappa shape index (κ2) is 36.3. The zero-order chi connectivity index (χ0) is 65.0. The highest BCUT2D eigenvalue weighted by atomic mass is 35.5. The zero-order valence-corrected chi connectivity index (χ0v) is 58.8.